The number of rotatable bonds is 5. The highest BCUT2D eigenvalue weighted by Gasteiger charge is 2.56. The van der Waals surface area contributed by atoms with Gasteiger partial charge in [0, 0.05) is 28.7 Å². The second kappa shape index (κ2) is 10.5. The molecule has 9 heteroatoms. The number of anilines is 1. The summed E-state index contributed by atoms with van der Waals surface area (Å²) in [5.41, 5.74) is 3.14. The van der Waals surface area contributed by atoms with E-state index in [1.807, 2.05) is 12.2 Å². The maximum Gasteiger partial charge on any atom is 0.238 e. The second-order valence-electron chi connectivity index (χ2n) is 10.8. The van der Waals surface area contributed by atoms with Crippen molar-refractivity contribution in [2.75, 3.05) is 12.0 Å². The van der Waals surface area contributed by atoms with Crippen molar-refractivity contribution < 1.29 is 33.8 Å². The van der Waals surface area contributed by atoms with Crippen LogP contribution in [0.2, 0.25) is 0 Å². The van der Waals surface area contributed by atoms with Crippen molar-refractivity contribution in [3.05, 3.63) is 93.0 Å². The molecule has 1 fully saturated rings. The molecule has 4 atom stereocenters. The fraction of sp³-hybridized carbons (Fsp3) is 0.242. The van der Waals surface area contributed by atoms with E-state index < -0.39 is 23.7 Å². The first-order chi connectivity index (χ1) is 20.1. The number of ketones is 3. The standard InChI is InChI=1S/C33H26BrNO7/c1-16(36)18-5-7-19(8-6-18)35-32(40)22-11-10-20-21(9-3-17-4-12-26(37)28(13-17)42-2)29-24(14-23(20)30(22)33(35)41)31(39)25(34)15-27(29)38/h3-10,12-13,15,21-23,30,37H,11,14H2,1-2H3/t21-,22-,23+,30-/m0/s1. The van der Waals surface area contributed by atoms with Crippen LogP contribution in [0, 0.1) is 23.7 Å². The van der Waals surface area contributed by atoms with Gasteiger partial charge in [0.25, 0.3) is 0 Å². The average Bonchev–Trinajstić information content (AvgIpc) is 3.24. The minimum Gasteiger partial charge on any atom is -0.504 e. The SMILES string of the molecule is COc1cc(C=C[C@H]2C3=CC[C@@H]4C(=O)N(c5ccc(C(C)=O)cc5)C(=O)[C@@H]4[C@@H]3CC3=C2C(=O)C=C(Br)C3=O)ccc1O. The summed E-state index contributed by atoms with van der Waals surface area (Å²) in [5, 5.41) is 9.99. The Morgan fingerprint density at radius 2 is 1.79 bits per heavy atom. The van der Waals surface area contributed by atoms with Gasteiger partial charge >= 0.3 is 0 Å². The number of halogens is 1. The molecule has 2 amide bonds. The molecule has 1 heterocycles. The van der Waals surface area contributed by atoms with Gasteiger partial charge in [-0.2, -0.15) is 0 Å². The van der Waals surface area contributed by atoms with Crippen molar-refractivity contribution in [3.63, 3.8) is 0 Å². The highest BCUT2D eigenvalue weighted by Crippen LogP contribution is 2.53. The van der Waals surface area contributed by atoms with E-state index in [0.717, 1.165) is 5.57 Å². The minimum absolute atomic E-state index is 0.00801. The molecule has 4 aliphatic rings. The zero-order valence-electron chi connectivity index (χ0n) is 22.8. The van der Waals surface area contributed by atoms with Gasteiger partial charge < -0.3 is 9.84 Å². The van der Waals surface area contributed by atoms with Crippen molar-refractivity contribution in [2.24, 2.45) is 23.7 Å². The summed E-state index contributed by atoms with van der Waals surface area (Å²) < 4.78 is 5.38. The van der Waals surface area contributed by atoms with Crippen LogP contribution in [-0.2, 0) is 19.2 Å². The van der Waals surface area contributed by atoms with Crippen molar-refractivity contribution in [2.45, 2.75) is 19.8 Å². The van der Waals surface area contributed by atoms with Gasteiger partial charge in [-0.1, -0.05) is 29.9 Å². The van der Waals surface area contributed by atoms with Crippen LogP contribution in [0.4, 0.5) is 5.69 Å². The molecule has 0 saturated carbocycles. The van der Waals surface area contributed by atoms with Crippen LogP contribution in [0.25, 0.3) is 6.08 Å². The highest BCUT2D eigenvalue weighted by molar-refractivity contribution is 9.12. The van der Waals surface area contributed by atoms with Crippen molar-refractivity contribution in [3.8, 4) is 11.5 Å². The first-order valence-corrected chi connectivity index (χ1v) is 14.3. The Kier molecular flexibility index (Phi) is 6.93. The Morgan fingerprint density at radius 3 is 2.48 bits per heavy atom. The number of phenols is 1. The molecule has 0 aromatic heterocycles. The number of carbonyl (C=O) groups excluding carboxylic acids is 5. The van der Waals surface area contributed by atoms with Crippen LogP contribution >= 0.6 is 15.9 Å². The van der Waals surface area contributed by atoms with Gasteiger partial charge in [0.05, 0.1) is 29.1 Å². The lowest BCUT2D eigenvalue weighted by molar-refractivity contribution is -0.123. The number of hydrogen-bond donors (Lipinski definition) is 1. The quantitative estimate of drug-likeness (QED) is 0.212. The van der Waals surface area contributed by atoms with E-state index in [4.69, 9.17) is 4.74 Å². The van der Waals surface area contributed by atoms with Crippen LogP contribution in [-0.4, -0.2) is 41.4 Å². The number of ether oxygens (including phenoxy) is 1. The molecule has 2 aromatic carbocycles. The van der Waals surface area contributed by atoms with Gasteiger partial charge in [0.15, 0.2) is 28.8 Å². The van der Waals surface area contributed by atoms with Crippen molar-refractivity contribution in [1.29, 1.82) is 0 Å². The molecule has 0 radical (unpaired) electrons. The number of carbonyl (C=O) groups is 5. The number of methoxy groups -OCH3 is 1. The van der Waals surface area contributed by atoms with Crippen LogP contribution < -0.4 is 9.64 Å². The average molecular weight is 628 g/mol. The third-order valence-corrected chi connectivity index (χ3v) is 9.19. The molecule has 6 rings (SSSR count). The number of amides is 2. The number of phenolic OH excluding ortho intramolecular Hbond substituents is 1. The van der Waals surface area contributed by atoms with Crippen LogP contribution in [0.3, 0.4) is 0 Å². The molecule has 42 heavy (non-hydrogen) atoms. The smallest absolute Gasteiger partial charge is 0.238 e. The van der Waals surface area contributed by atoms with Gasteiger partial charge in [-0.05, 0) is 83.6 Å². The van der Waals surface area contributed by atoms with E-state index in [9.17, 15) is 29.1 Å². The number of imide groups is 1. The van der Waals surface area contributed by atoms with Crippen molar-refractivity contribution in [1.82, 2.24) is 0 Å². The fourth-order valence-electron chi connectivity index (χ4n) is 6.59. The maximum atomic E-state index is 13.9. The number of Topliss-reactive ketones (excluding diaryl/α,β-unsaturated/α-hetero) is 2. The summed E-state index contributed by atoms with van der Waals surface area (Å²) in [6.07, 6.45) is 7.35. The molecule has 3 aliphatic carbocycles. The largest absolute Gasteiger partial charge is 0.504 e. The minimum atomic E-state index is -0.698. The second-order valence-corrected chi connectivity index (χ2v) is 11.7. The highest BCUT2D eigenvalue weighted by atomic mass is 79.9. The lowest BCUT2D eigenvalue weighted by Gasteiger charge is -2.41. The van der Waals surface area contributed by atoms with Gasteiger partial charge in [-0.25, -0.2) is 0 Å². The third kappa shape index (κ3) is 4.39. The number of fused-ring (bicyclic) bond motifs is 3. The molecular formula is C33H26BrNO7. The summed E-state index contributed by atoms with van der Waals surface area (Å²) in [4.78, 5) is 67.1. The Hall–Kier alpha value is -4.37. The fourth-order valence-corrected chi connectivity index (χ4v) is 7.04. The van der Waals surface area contributed by atoms with Gasteiger partial charge in [-0.15, -0.1) is 0 Å². The molecule has 212 valence electrons. The number of benzene rings is 2. The van der Waals surface area contributed by atoms with E-state index in [2.05, 4.69) is 15.9 Å². The van der Waals surface area contributed by atoms with Crippen molar-refractivity contribution >= 4 is 56.9 Å². The molecule has 0 bridgehead atoms. The van der Waals surface area contributed by atoms with Crippen LogP contribution in [0.1, 0.15) is 35.7 Å². The Labute approximate surface area is 250 Å². The monoisotopic (exact) mass is 627 g/mol. The van der Waals surface area contributed by atoms with E-state index in [-0.39, 0.29) is 45.8 Å². The Morgan fingerprint density at radius 1 is 1.05 bits per heavy atom. The van der Waals surface area contributed by atoms with E-state index in [1.165, 1.54) is 31.1 Å². The summed E-state index contributed by atoms with van der Waals surface area (Å²) in [6.45, 7) is 1.45. The zero-order chi connectivity index (χ0) is 29.9. The molecule has 1 N–H and O–H groups in total. The predicted octanol–water partition coefficient (Wildman–Crippen LogP) is 5.12. The number of allylic oxidation sites excluding steroid dienone is 7. The van der Waals surface area contributed by atoms with Gasteiger partial charge in [-0.3, -0.25) is 28.9 Å². The normalized spacial score (nSPS) is 25.3. The molecular weight excluding hydrogens is 602 g/mol. The van der Waals surface area contributed by atoms with E-state index >= 15 is 0 Å². The zero-order valence-corrected chi connectivity index (χ0v) is 24.4. The molecule has 2 aromatic rings. The summed E-state index contributed by atoms with van der Waals surface area (Å²) in [7, 11) is 1.45. The lowest BCUT2D eigenvalue weighted by Crippen LogP contribution is -2.40. The maximum absolute atomic E-state index is 13.9. The van der Waals surface area contributed by atoms with Crippen LogP contribution in [0.15, 0.2) is 81.9 Å². The lowest BCUT2D eigenvalue weighted by atomic mass is 9.61. The first-order valence-electron chi connectivity index (χ1n) is 13.5. The van der Waals surface area contributed by atoms with Gasteiger partial charge in [0.2, 0.25) is 11.8 Å². The van der Waals surface area contributed by atoms with E-state index in [0.29, 0.717) is 40.1 Å². The summed E-state index contributed by atoms with van der Waals surface area (Å²) in [5.74, 6) is -3.42. The summed E-state index contributed by atoms with van der Waals surface area (Å²) >= 11 is 3.23. The molecule has 8 nitrogen and oxygen atoms in total. The predicted molar refractivity (Wildman–Crippen MR) is 158 cm³/mol. The topological polar surface area (TPSA) is 118 Å². The van der Waals surface area contributed by atoms with Gasteiger partial charge in [0.1, 0.15) is 0 Å². The van der Waals surface area contributed by atoms with E-state index in [1.54, 1.807) is 42.5 Å². The number of nitrogens with zero attached hydrogens (tertiary/aromatic N) is 1. The third-order valence-electron chi connectivity index (χ3n) is 8.60. The summed E-state index contributed by atoms with van der Waals surface area (Å²) in [6, 6.07) is 11.3. The number of hydrogen-bond acceptors (Lipinski definition) is 7. The molecule has 1 saturated heterocycles. The molecule has 1 aliphatic heterocycles. The molecule has 0 unspecified atom stereocenters. The first kappa shape index (κ1) is 27.8. The Bertz CT molecular complexity index is 1710. The van der Waals surface area contributed by atoms with Crippen LogP contribution in [0.5, 0.6) is 11.5 Å². The number of aromatic hydroxyl groups is 1. The molecule has 0 spiro atoms. The Balaban J connectivity index is 1.40.